The zero-order chi connectivity index (χ0) is 17.7. The summed E-state index contributed by atoms with van der Waals surface area (Å²) >= 11 is 6.40. The van der Waals surface area contributed by atoms with Gasteiger partial charge in [0.25, 0.3) is 0 Å². The Morgan fingerprint density at radius 3 is 1.64 bits per heavy atom. The second-order valence-corrected chi connectivity index (χ2v) is 9.75. The average molecular weight is 329 g/mol. The number of halogens is 1. The minimum Gasteiger partial charge on any atom is -0.259 e. The number of alkyl halides is 1. The van der Waals surface area contributed by atoms with Crippen LogP contribution in [-0.2, 0) is 0 Å². The molecule has 0 saturated heterocycles. The monoisotopic (exact) mass is 328 g/mol. The van der Waals surface area contributed by atoms with Gasteiger partial charge in [-0.05, 0) is 10.8 Å². The zero-order valence-corrected chi connectivity index (χ0v) is 16.6. The first kappa shape index (κ1) is 19.4. The van der Waals surface area contributed by atoms with Crippen molar-refractivity contribution in [2.24, 2.45) is 37.5 Å². The van der Waals surface area contributed by atoms with Crippen LogP contribution in [0.2, 0.25) is 0 Å². The second-order valence-electron chi connectivity index (χ2n) is 9.36. The van der Waals surface area contributed by atoms with E-state index in [0.29, 0.717) is 0 Å². The summed E-state index contributed by atoms with van der Waals surface area (Å²) in [6, 6.07) is 0. The molecule has 0 spiro atoms. The van der Waals surface area contributed by atoms with Crippen molar-refractivity contribution in [2.45, 2.75) is 74.9 Å². The predicted molar refractivity (Wildman–Crippen MR) is 97.0 cm³/mol. The van der Waals surface area contributed by atoms with Gasteiger partial charge in [-0.2, -0.15) is 0 Å². The van der Waals surface area contributed by atoms with Gasteiger partial charge in [-0.15, -0.1) is 0 Å². The van der Waals surface area contributed by atoms with Crippen molar-refractivity contribution < 1.29 is 0 Å². The van der Waals surface area contributed by atoms with E-state index in [1.807, 2.05) is 0 Å². The Hall–Kier alpha value is -0.610. The van der Waals surface area contributed by atoms with Gasteiger partial charge in [0.2, 0.25) is 5.62 Å². The smallest absolute Gasteiger partial charge is 0.213 e. The molecule has 5 heteroatoms. The normalized spacial score (nSPS) is 21.6. The second kappa shape index (κ2) is 5.48. The molecular weight excluding hydrogens is 296 g/mol. The molecule has 1 rings (SSSR count). The number of nitrogens with two attached hydrogens (primary N) is 1. The molecule has 0 radical (unpaired) electrons. The van der Waals surface area contributed by atoms with Crippen LogP contribution in [0, 0.1) is 21.7 Å². The third-order valence-corrected chi connectivity index (χ3v) is 6.09. The lowest BCUT2D eigenvalue weighted by molar-refractivity contribution is 0.181. The Balaban J connectivity index is 3.45. The maximum Gasteiger partial charge on any atom is 0.213 e. The van der Waals surface area contributed by atoms with Crippen molar-refractivity contribution >= 4 is 23.3 Å². The Bertz CT molecular complexity index is 490. The van der Waals surface area contributed by atoms with Gasteiger partial charge in [0.15, 0.2) is 0 Å². The van der Waals surface area contributed by atoms with Crippen molar-refractivity contribution in [3.8, 4) is 0 Å². The molecule has 1 aliphatic rings. The number of hydrogen-bond acceptors (Lipinski definition) is 4. The summed E-state index contributed by atoms with van der Waals surface area (Å²) in [5, 5.41) is 1.50. The van der Waals surface area contributed by atoms with Crippen molar-refractivity contribution in [2.75, 3.05) is 0 Å². The fraction of sp³-hybridized carbons (Fsp3) is 0.882. The van der Waals surface area contributed by atoms with Gasteiger partial charge in [-0.3, -0.25) is 5.01 Å². The molecule has 0 bridgehead atoms. The largest absolute Gasteiger partial charge is 0.259 e. The summed E-state index contributed by atoms with van der Waals surface area (Å²) < 4.78 is 0. The first-order chi connectivity index (χ1) is 9.53. The van der Waals surface area contributed by atoms with Crippen LogP contribution >= 0.6 is 11.6 Å². The van der Waals surface area contributed by atoms with Gasteiger partial charge in [-0.25, -0.2) is 15.8 Å². The number of hydrazine groups is 1. The van der Waals surface area contributed by atoms with Crippen molar-refractivity contribution in [1.29, 1.82) is 0 Å². The SMILES string of the molecule is CC(C)(C)C(C)(C)C1=NC(Cl)N(N)C(C(C)(C)C(C)(C)C)=N1. The highest BCUT2D eigenvalue weighted by Crippen LogP contribution is 2.44. The molecule has 22 heavy (non-hydrogen) atoms. The number of amidine groups is 2. The zero-order valence-electron chi connectivity index (χ0n) is 15.9. The molecular formula is C17H33ClN4. The fourth-order valence-electron chi connectivity index (χ4n) is 1.89. The van der Waals surface area contributed by atoms with Gasteiger partial charge in [0, 0.05) is 10.8 Å². The van der Waals surface area contributed by atoms with Crippen LogP contribution in [-0.4, -0.2) is 22.3 Å². The molecule has 0 aromatic rings. The van der Waals surface area contributed by atoms with Gasteiger partial charge in [-0.1, -0.05) is 80.8 Å². The molecule has 0 aliphatic carbocycles. The topological polar surface area (TPSA) is 54.0 Å². The summed E-state index contributed by atoms with van der Waals surface area (Å²) in [7, 11) is 0. The maximum absolute atomic E-state index is 6.40. The lowest BCUT2D eigenvalue weighted by atomic mass is 9.67. The Morgan fingerprint density at radius 1 is 0.864 bits per heavy atom. The summed E-state index contributed by atoms with van der Waals surface area (Å²) in [4.78, 5) is 9.42. The molecule has 0 amide bonds. The highest BCUT2D eigenvalue weighted by atomic mass is 35.5. The first-order valence-electron chi connectivity index (χ1n) is 7.89. The van der Waals surface area contributed by atoms with E-state index in [1.54, 1.807) is 0 Å². The third kappa shape index (κ3) is 3.18. The van der Waals surface area contributed by atoms with Crippen LogP contribution in [0.1, 0.15) is 69.2 Å². The van der Waals surface area contributed by atoms with Crippen LogP contribution in [0.3, 0.4) is 0 Å². The minimum atomic E-state index is -0.620. The Kier molecular flexibility index (Phi) is 4.84. The molecule has 128 valence electrons. The van der Waals surface area contributed by atoms with E-state index in [2.05, 4.69) is 74.2 Å². The molecule has 1 atom stereocenters. The lowest BCUT2D eigenvalue weighted by Crippen LogP contribution is -2.56. The van der Waals surface area contributed by atoms with Crippen molar-refractivity contribution in [3.05, 3.63) is 0 Å². The van der Waals surface area contributed by atoms with Crippen LogP contribution in [0.25, 0.3) is 0 Å². The first-order valence-corrected chi connectivity index (χ1v) is 8.32. The molecule has 0 aromatic carbocycles. The third-order valence-electron chi connectivity index (χ3n) is 5.78. The van der Waals surface area contributed by atoms with Gasteiger partial charge < -0.3 is 0 Å². The molecule has 1 heterocycles. The average Bonchev–Trinajstić information content (AvgIpc) is 2.28. The van der Waals surface area contributed by atoms with E-state index in [4.69, 9.17) is 22.4 Å². The number of rotatable bonds is 2. The highest BCUT2D eigenvalue weighted by Gasteiger charge is 2.46. The van der Waals surface area contributed by atoms with Crippen molar-refractivity contribution in [1.82, 2.24) is 5.01 Å². The van der Waals surface area contributed by atoms with Crippen LogP contribution in [0.5, 0.6) is 0 Å². The molecule has 0 aromatic heterocycles. The van der Waals surface area contributed by atoms with Gasteiger partial charge in [0.05, 0.1) is 0 Å². The molecule has 0 saturated carbocycles. The lowest BCUT2D eigenvalue weighted by Gasteiger charge is -2.46. The predicted octanol–water partition coefficient (Wildman–Crippen LogP) is 4.64. The van der Waals surface area contributed by atoms with E-state index in [9.17, 15) is 0 Å². The maximum atomic E-state index is 6.40. The number of nitrogens with zero attached hydrogens (tertiary/aromatic N) is 3. The standard InChI is InChI=1S/C17H33ClN4/c1-14(2,3)16(7,8)11-20-12(22(19)13(18)21-11)17(9,10)15(4,5)6/h13H,19H2,1-10H3. The van der Waals surface area contributed by atoms with Crippen LogP contribution in [0.15, 0.2) is 9.98 Å². The van der Waals surface area contributed by atoms with E-state index >= 15 is 0 Å². The van der Waals surface area contributed by atoms with Gasteiger partial charge in [0.1, 0.15) is 11.7 Å². The van der Waals surface area contributed by atoms with E-state index in [-0.39, 0.29) is 21.7 Å². The molecule has 2 N–H and O–H groups in total. The summed E-state index contributed by atoms with van der Waals surface area (Å²) in [6.07, 6.45) is 0. The Morgan fingerprint density at radius 2 is 1.27 bits per heavy atom. The molecule has 4 nitrogen and oxygen atoms in total. The van der Waals surface area contributed by atoms with E-state index in [1.165, 1.54) is 5.01 Å². The van der Waals surface area contributed by atoms with E-state index in [0.717, 1.165) is 11.7 Å². The summed E-state index contributed by atoms with van der Waals surface area (Å²) in [5.41, 5.74) is -1.05. The van der Waals surface area contributed by atoms with E-state index < -0.39 is 5.62 Å². The quantitative estimate of drug-likeness (QED) is 0.456. The Labute approximate surface area is 141 Å². The molecule has 0 fully saturated rings. The number of hydrogen-bond donors (Lipinski definition) is 1. The molecule has 1 unspecified atom stereocenters. The van der Waals surface area contributed by atoms with Gasteiger partial charge >= 0.3 is 0 Å². The minimum absolute atomic E-state index is 0.00557. The fourth-order valence-corrected chi connectivity index (χ4v) is 2.07. The van der Waals surface area contributed by atoms with Crippen LogP contribution in [0.4, 0.5) is 0 Å². The molecule has 1 aliphatic heterocycles. The van der Waals surface area contributed by atoms with Crippen molar-refractivity contribution in [3.63, 3.8) is 0 Å². The summed E-state index contributed by atoms with van der Waals surface area (Å²) in [5.74, 6) is 7.75. The highest BCUT2D eigenvalue weighted by molar-refractivity contribution is 6.23. The van der Waals surface area contributed by atoms with Crippen LogP contribution < -0.4 is 5.84 Å². The summed E-state index contributed by atoms with van der Waals surface area (Å²) in [6.45, 7) is 21.8. The number of aliphatic imine (C=N–C) groups is 2.